The number of benzene rings is 2. The molecule has 27 heteroatoms. The highest BCUT2D eigenvalue weighted by Crippen LogP contribution is 2.25. The molecule has 0 unspecified atom stereocenters. The molecule has 0 spiro atoms. The molecule has 0 radical (unpaired) electrons. The summed E-state index contributed by atoms with van der Waals surface area (Å²) in [5.41, 5.74) is 19.9. The van der Waals surface area contributed by atoms with Crippen molar-refractivity contribution in [3.05, 3.63) is 71.6 Å². The molecular formula is C46H58N18O9. The van der Waals surface area contributed by atoms with Gasteiger partial charge < -0.3 is 63.8 Å². The first-order chi connectivity index (χ1) is 35.0. The summed E-state index contributed by atoms with van der Waals surface area (Å²) in [6, 6.07) is 5.58. The fourth-order valence-electron chi connectivity index (χ4n) is 7.41. The minimum atomic E-state index is -1.33. The summed E-state index contributed by atoms with van der Waals surface area (Å²) in [5, 5.41) is 40.3. The quantitative estimate of drug-likeness (QED) is 0.0302. The molecule has 0 aliphatic carbocycles. The molecule has 2 aromatic carbocycles. The van der Waals surface area contributed by atoms with Crippen molar-refractivity contribution in [2.24, 2.45) is 5.92 Å². The zero-order valence-electron chi connectivity index (χ0n) is 40.3. The van der Waals surface area contributed by atoms with E-state index in [1.165, 1.54) is 49.5 Å². The Balaban J connectivity index is 0.960. The number of fused-ring (bicyclic) bond motifs is 1. The van der Waals surface area contributed by atoms with Crippen LogP contribution >= 0.6 is 0 Å². The number of nitrogens with two attached hydrogens (primary N) is 3. The number of nitrogens with one attached hydrogen (secondary N) is 7. The number of aromatic amines is 1. The van der Waals surface area contributed by atoms with Crippen molar-refractivity contribution < 1.29 is 43.4 Å². The molecule has 0 fully saturated rings. The van der Waals surface area contributed by atoms with E-state index in [2.05, 4.69) is 72.5 Å². The van der Waals surface area contributed by atoms with Crippen molar-refractivity contribution in [2.45, 2.75) is 84.0 Å². The van der Waals surface area contributed by atoms with Crippen LogP contribution in [0.15, 0.2) is 54.7 Å². The summed E-state index contributed by atoms with van der Waals surface area (Å²) in [6.45, 7) is 6.32. The third-order valence-electron chi connectivity index (χ3n) is 11.3. The molecule has 14 N–H and O–H groups in total. The molecule has 6 amide bonds. The minimum Gasteiger partial charge on any atom is -0.480 e. The lowest BCUT2D eigenvalue weighted by Crippen LogP contribution is -2.53. The Bertz CT molecular complexity index is 2840. The van der Waals surface area contributed by atoms with Gasteiger partial charge in [-0.15, -0.1) is 10.2 Å². The number of carbonyl (C=O) groups is 7. The Labute approximate surface area is 417 Å². The van der Waals surface area contributed by atoms with Gasteiger partial charge in [-0.05, 0) is 80.1 Å². The van der Waals surface area contributed by atoms with E-state index >= 15 is 0 Å². The maximum Gasteiger partial charge on any atom is 0.326 e. The van der Waals surface area contributed by atoms with Gasteiger partial charge in [-0.2, -0.15) is 15.2 Å². The second kappa shape index (κ2) is 25.3. The van der Waals surface area contributed by atoms with Gasteiger partial charge in [0.05, 0.1) is 36.2 Å². The highest BCUT2D eigenvalue weighted by Gasteiger charge is 2.28. The highest BCUT2D eigenvalue weighted by atomic mass is 16.5. The maximum absolute atomic E-state index is 13.5. The lowest BCUT2D eigenvalue weighted by Gasteiger charge is -2.24. The van der Waals surface area contributed by atoms with Gasteiger partial charge in [-0.3, -0.25) is 28.8 Å². The van der Waals surface area contributed by atoms with Crippen LogP contribution in [0.5, 0.6) is 0 Å². The largest absolute Gasteiger partial charge is 0.480 e. The Morgan fingerprint density at radius 1 is 0.877 bits per heavy atom. The first-order valence-electron chi connectivity index (χ1n) is 23.3. The number of rotatable bonds is 24. The van der Waals surface area contributed by atoms with Gasteiger partial charge in [0.2, 0.25) is 35.4 Å². The fourth-order valence-corrected chi connectivity index (χ4v) is 7.41. The number of hydrogen-bond acceptors (Lipinski definition) is 19. The van der Waals surface area contributed by atoms with Crippen molar-refractivity contribution in [1.82, 2.24) is 66.7 Å². The second-order valence-corrected chi connectivity index (χ2v) is 17.2. The average Bonchev–Trinajstić information content (AvgIpc) is 3.82. The molecule has 0 saturated carbocycles. The van der Waals surface area contributed by atoms with Crippen LogP contribution in [0.4, 0.5) is 28.8 Å². The van der Waals surface area contributed by atoms with E-state index in [-0.39, 0.29) is 114 Å². The molecule has 27 nitrogen and oxygen atoms in total. The number of nitrogen functional groups attached to an aromatic ring is 3. The van der Waals surface area contributed by atoms with E-state index in [4.69, 9.17) is 21.9 Å². The van der Waals surface area contributed by atoms with Gasteiger partial charge in [0.15, 0.2) is 17.0 Å². The number of H-pyrrole nitrogens is 1. The van der Waals surface area contributed by atoms with Crippen LogP contribution in [0.2, 0.25) is 0 Å². The maximum atomic E-state index is 13.5. The molecule has 0 bridgehead atoms. The third kappa shape index (κ3) is 15.1. The van der Waals surface area contributed by atoms with E-state index in [9.17, 15) is 38.7 Å². The zero-order valence-corrected chi connectivity index (χ0v) is 40.3. The number of unbranched alkanes of at least 4 members (excludes halogenated alkanes) is 2. The topological polar surface area (TPSA) is 408 Å². The standard InChI is InChI=1S/C46H58N18O9/c1-24(2)36(57-34(65)10-5-4-6-17-64-23-73-18-8-11-35(64)66)44(70)53-25(3)41(67)55-27-13-14-29(31(19-27)39-60-62-63-61-39)42(68)50-16-7-9-33(45(71)72)56-43(69)30-15-12-26(20-32(30)47)51-21-28-22-52-40-37(54-28)38(48)58-46(49)59-40/h8,11-15,19-20,22,24-25,33,36,51H,4-7,9-10,16-18,21,23,47H2,1-3H3,(H,50,68)(H,53,70)(H,55,67)(H,56,69)(H,57,65)(H,71,72)(H,60,61,62,63)(H4,48,49,52,58,59)/t25-,33-,36-/m0/s1. The molecule has 4 heterocycles. The first kappa shape index (κ1) is 53.5. The second-order valence-electron chi connectivity index (χ2n) is 17.2. The third-order valence-corrected chi connectivity index (χ3v) is 11.3. The molecule has 1 aliphatic rings. The summed E-state index contributed by atoms with van der Waals surface area (Å²) >= 11 is 0. The number of carboxylic acids is 1. The number of ether oxygens (including phenoxy) is 1. The number of aliphatic carboxylic acids is 1. The molecule has 0 saturated heterocycles. The predicted molar refractivity (Wildman–Crippen MR) is 265 cm³/mol. The number of carbonyl (C=O) groups excluding carboxylic acids is 6. The summed E-state index contributed by atoms with van der Waals surface area (Å²) in [5.74, 6) is -4.41. The predicted octanol–water partition coefficient (Wildman–Crippen LogP) is 0.869. The molecule has 3 atom stereocenters. The van der Waals surface area contributed by atoms with E-state index < -0.39 is 47.7 Å². The number of carboxylic acid groups (broad SMARTS) is 1. The summed E-state index contributed by atoms with van der Waals surface area (Å²) in [7, 11) is 0. The van der Waals surface area contributed by atoms with Crippen LogP contribution in [0.1, 0.15) is 85.7 Å². The van der Waals surface area contributed by atoms with Crippen LogP contribution in [0, 0.1) is 5.92 Å². The van der Waals surface area contributed by atoms with E-state index in [1.54, 1.807) is 30.9 Å². The minimum absolute atomic E-state index is 0.00580. The van der Waals surface area contributed by atoms with Gasteiger partial charge in [-0.1, -0.05) is 26.3 Å². The van der Waals surface area contributed by atoms with Crippen LogP contribution < -0.4 is 49.1 Å². The SMILES string of the molecule is CC(C)[C@H](NC(=O)CCCCCN1COCC=CC1=O)C(=O)N[C@@H](C)C(=O)Nc1ccc(C(=O)NCCC[C@H](NC(=O)c2ccc(NCc3cnc4nc(N)nc(N)c4n3)cc2N)C(=O)O)c(-c2nn[nH]n2)c1. The lowest BCUT2D eigenvalue weighted by molar-refractivity contribution is -0.139. The lowest BCUT2D eigenvalue weighted by atomic mass is 10.0. The normalized spacial score (nSPS) is 13.6. The van der Waals surface area contributed by atoms with E-state index in [1.807, 2.05) is 0 Å². The smallest absolute Gasteiger partial charge is 0.326 e. The zero-order chi connectivity index (χ0) is 52.6. The van der Waals surface area contributed by atoms with Crippen molar-refractivity contribution in [3.63, 3.8) is 0 Å². The van der Waals surface area contributed by atoms with Crippen molar-refractivity contribution in [2.75, 3.05) is 54.3 Å². The van der Waals surface area contributed by atoms with Gasteiger partial charge in [0, 0.05) is 48.2 Å². The van der Waals surface area contributed by atoms with Crippen LogP contribution in [0.3, 0.4) is 0 Å². The van der Waals surface area contributed by atoms with Crippen molar-refractivity contribution in [3.8, 4) is 11.4 Å². The fraction of sp³-hybridized carbons (Fsp3) is 0.391. The van der Waals surface area contributed by atoms with Crippen LogP contribution in [-0.2, 0) is 35.3 Å². The number of aromatic nitrogens is 8. The summed E-state index contributed by atoms with van der Waals surface area (Å²) in [6.07, 6.45) is 6.80. The molecule has 73 heavy (non-hydrogen) atoms. The Morgan fingerprint density at radius 3 is 2.40 bits per heavy atom. The Kier molecular flexibility index (Phi) is 18.5. The molecule has 6 rings (SSSR count). The first-order valence-corrected chi connectivity index (χ1v) is 23.3. The van der Waals surface area contributed by atoms with Gasteiger partial charge in [0.1, 0.15) is 24.9 Å². The van der Waals surface area contributed by atoms with Crippen molar-refractivity contribution >= 4 is 81.4 Å². The van der Waals surface area contributed by atoms with Gasteiger partial charge >= 0.3 is 5.97 Å². The number of amides is 6. The molecule has 3 aromatic heterocycles. The number of nitrogens with zero attached hydrogens (tertiary/aromatic N) is 8. The van der Waals surface area contributed by atoms with Crippen LogP contribution in [-0.4, -0.2) is 137 Å². The van der Waals surface area contributed by atoms with Gasteiger partial charge in [0.25, 0.3) is 11.8 Å². The molecular weight excluding hydrogens is 949 g/mol. The number of tetrazole rings is 1. The number of hydrogen-bond donors (Lipinski definition) is 11. The van der Waals surface area contributed by atoms with Crippen molar-refractivity contribution in [1.29, 1.82) is 0 Å². The summed E-state index contributed by atoms with van der Waals surface area (Å²) < 4.78 is 5.36. The molecule has 1 aliphatic heterocycles. The van der Waals surface area contributed by atoms with Crippen LogP contribution in [0.25, 0.3) is 22.6 Å². The highest BCUT2D eigenvalue weighted by molar-refractivity contribution is 6.03. The van der Waals surface area contributed by atoms with E-state index in [0.717, 1.165) is 0 Å². The van der Waals surface area contributed by atoms with Gasteiger partial charge in [-0.25, -0.2) is 14.8 Å². The Morgan fingerprint density at radius 2 is 1.66 bits per heavy atom. The molecule has 386 valence electrons. The molecule has 5 aromatic rings. The monoisotopic (exact) mass is 1010 g/mol. The van der Waals surface area contributed by atoms with E-state index in [0.29, 0.717) is 43.8 Å². The summed E-state index contributed by atoms with van der Waals surface area (Å²) in [4.78, 5) is 109. The average molecular weight is 1010 g/mol. The number of anilines is 5. The Hall–Kier alpha value is -8.88.